The summed E-state index contributed by atoms with van der Waals surface area (Å²) >= 11 is 0. The zero-order chi connectivity index (χ0) is 14.0. The van der Waals surface area contributed by atoms with Crippen LogP contribution in [0.15, 0.2) is 29.2 Å². The van der Waals surface area contributed by atoms with Crippen LogP contribution in [0.5, 0.6) is 0 Å². The van der Waals surface area contributed by atoms with Crippen molar-refractivity contribution in [1.29, 1.82) is 0 Å². The monoisotopic (exact) mass is 283 g/mol. The van der Waals surface area contributed by atoms with Crippen molar-refractivity contribution in [2.45, 2.75) is 31.3 Å². The second-order valence-electron chi connectivity index (χ2n) is 5.18. The third kappa shape index (κ3) is 3.09. The zero-order valence-corrected chi connectivity index (χ0v) is 12.2. The molecule has 1 aromatic rings. The number of rotatable bonds is 3. The van der Waals surface area contributed by atoms with Gasteiger partial charge in [-0.2, -0.15) is 0 Å². The number of sulfone groups is 1. The fourth-order valence-electron chi connectivity index (χ4n) is 2.31. The number of hydrogen-bond donors (Lipinski definition) is 1. The summed E-state index contributed by atoms with van der Waals surface area (Å²) in [5.41, 5.74) is 0.973. The highest BCUT2D eigenvalue weighted by Gasteiger charge is 2.24. The fraction of sp³-hybridized carbons (Fsp3) is 0.571. The van der Waals surface area contributed by atoms with Gasteiger partial charge >= 0.3 is 0 Å². The molecule has 0 radical (unpaired) electrons. The minimum Gasteiger partial charge on any atom is -0.391 e. The molecule has 19 heavy (non-hydrogen) atoms. The minimum absolute atomic E-state index is 0.117. The zero-order valence-electron chi connectivity index (χ0n) is 11.4. The van der Waals surface area contributed by atoms with Crippen LogP contribution in [0.2, 0.25) is 0 Å². The van der Waals surface area contributed by atoms with E-state index in [1.165, 1.54) is 0 Å². The molecule has 1 heterocycles. The fourth-order valence-corrected chi connectivity index (χ4v) is 3.20. The van der Waals surface area contributed by atoms with Gasteiger partial charge in [0.2, 0.25) is 0 Å². The van der Waals surface area contributed by atoms with E-state index in [9.17, 15) is 13.5 Å². The summed E-state index contributed by atoms with van der Waals surface area (Å²) in [5, 5.41) is 9.89. The van der Waals surface area contributed by atoms with Gasteiger partial charge in [-0.3, -0.25) is 0 Å². The molecule has 106 valence electrons. The number of anilines is 1. The smallest absolute Gasteiger partial charge is 0.178 e. The van der Waals surface area contributed by atoms with Gasteiger partial charge in [-0.25, -0.2) is 8.42 Å². The van der Waals surface area contributed by atoms with Gasteiger partial charge in [0.05, 0.1) is 16.8 Å². The van der Waals surface area contributed by atoms with Crippen molar-refractivity contribution in [2.24, 2.45) is 5.92 Å². The van der Waals surface area contributed by atoms with E-state index in [1.807, 2.05) is 12.1 Å². The van der Waals surface area contributed by atoms with Crippen LogP contribution in [0.4, 0.5) is 5.69 Å². The Balaban J connectivity index is 2.15. The Kier molecular flexibility index (Phi) is 4.16. The van der Waals surface area contributed by atoms with Crippen LogP contribution in [-0.2, 0) is 9.84 Å². The number of aliphatic hydroxyl groups is 1. The van der Waals surface area contributed by atoms with Gasteiger partial charge in [0.25, 0.3) is 0 Å². The predicted molar refractivity (Wildman–Crippen MR) is 76.2 cm³/mol. The van der Waals surface area contributed by atoms with Gasteiger partial charge in [-0.15, -0.1) is 0 Å². The number of benzene rings is 1. The summed E-state index contributed by atoms with van der Waals surface area (Å²) in [5.74, 6) is 0.447. The maximum absolute atomic E-state index is 11.7. The van der Waals surface area contributed by atoms with E-state index in [2.05, 4.69) is 11.8 Å². The second-order valence-corrected chi connectivity index (χ2v) is 7.45. The normalized spacial score (nSPS) is 24.5. The third-order valence-electron chi connectivity index (χ3n) is 3.86. The number of β-amino-alcohol motifs (C(OH)–C–C–N with tert-alkyl or cyclic N) is 1. The highest BCUT2D eigenvalue weighted by Crippen LogP contribution is 2.24. The molecule has 1 aliphatic rings. The van der Waals surface area contributed by atoms with Crippen molar-refractivity contribution in [3.05, 3.63) is 24.3 Å². The summed E-state index contributed by atoms with van der Waals surface area (Å²) in [4.78, 5) is 2.47. The third-order valence-corrected chi connectivity index (χ3v) is 5.61. The summed E-state index contributed by atoms with van der Waals surface area (Å²) in [6.07, 6.45) is 0.642. The number of aliphatic hydroxyl groups excluding tert-OH is 1. The van der Waals surface area contributed by atoms with Crippen LogP contribution in [0.3, 0.4) is 0 Å². The Hall–Kier alpha value is -1.07. The van der Waals surface area contributed by atoms with Crippen LogP contribution in [-0.4, -0.2) is 38.5 Å². The van der Waals surface area contributed by atoms with Crippen LogP contribution in [0.25, 0.3) is 0 Å². The molecule has 1 aliphatic heterocycles. The Morgan fingerprint density at radius 2 is 1.95 bits per heavy atom. The maximum Gasteiger partial charge on any atom is 0.178 e. The lowest BCUT2D eigenvalue weighted by Gasteiger charge is -2.35. The van der Waals surface area contributed by atoms with E-state index in [-0.39, 0.29) is 11.9 Å². The molecule has 1 saturated heterocycles. The summed E-state index contributed by atoms with van der Waals surface area (Å²) in [6.45, 7) is 5.21. The van der Waals surface area contributed by atoms with Crippen LogP contribution in [0.1, 0.15) is 20.3 Å². The SMILES string of the molecule is CCS(=O)(=O)c1ccc(N2CC[C@@H](C)[C@H](O)C2)cc1. The molecule has 0 unspecified atom stereocenters. The van der Waals surface area contributed by atoms with Crippen LogP contribution < -0.4 is 4.90 Å². The largest absolute Gasteiger partial charge is 0.391 e. The van der Waals surface area contributed by atoms with Gasteiger partial charge in [-0.1, -0.05) is 13.8 Å². The van der Waals surface area contributed by atoms with E-state index >= 15 is 0 Å². The number of piperidine rings is 1. The highest BCUT2D eigenvalue weighted by atomic mass is 32.2. The van der Waals surface area contributed by atoms with Crippen molar-refractivity contribution in [3.8, 4) is 0 Å². The van der Waals surface area contributed by atoms with Crippen molar-refractivity contribution in [3.63, 3.8) is 0 Å². The lowest BCUT2D eigenvalue weighted by molar-refractivity contribution is 0.103. The second kappa shape index (κ2) is 5.51. The Morgan fingerprint density at radius 3 is 2.47 bits per heavy atom. The molecule has 2 rings (SSSR count). The standard InChI is InChI=1S/C14H21NO3S/c1-3-19(17,18)13-6-4-12(5-7-13)15-9-8-11(2)14(16)10-15/h4-7,11,14,16H,3,8-10H2,1-2H3/t11-,14-/m1/s1. The number of nitrogens with zero attached hydrogens (tertiary/aromatic N) is 1. The van der Waals surface area contributed by atoms with Crippen molar-refractivity contribution >= 4 is 15.5 Å². The van der Waals surface area contributed by atoms with Gasteiger partial charge in [-0.05, 0) is 36.6 Å². The van der Waals surface area contributed by atoms with Crippen molar-refractivity contribution < 1.29 is 13.5 Å². The summed E-state index contributed by atoms with van der Waals surface area (Å²) in [6, 6.07) is 6.95. The molecule has 0 aromatic heterocycles. The minimum atomic E-state index is -3.13. The molecule has 0 amide bonds. The van der Waals surface area contributed by atoms with Crippen LogP contribution >= 0.6 is 0 Å². The first kappa shape index (κ1) is 14.3. The molecule has 0 saturated carbocycles. The molecule has 2 atom stereocenters. The van der Waals surface area contributed by atoms with E-state index in [0.717, 1.165) is 18.7 Å². The molecule has 1 N–H and O–H groups in total. The average Bonchev–Trinajstić information content (AvgIpc) is 2.42. The Bertz CT molecular complexity index is 524. The molecule has 0 bridgehead atoms. The summed E-state index contributed by atoms with van der Waals surface area (Å²) in [7, 11) is -3.13. The lowest BCUT2D eigenvalue weighted by atomic mass is 9.96. The van der Waals surface area contributed by atoms with Crippen LogP contribution in [0, 0.1) is 5.92 Å². The first-order chi connectivity index (χ1) is 8.94. The molecule has 0 aliphatic carbocycles. The van der Waals surface area contributed by atoms with Gasteiger partial charge in [0.15, 0.2) is 9.84 Å². The Labute approximate surface area is 115 Å². The van der Waals surface area contributed by atoms with Gasteiger partial charge < -0.3 is 10.0 Å². The van der Waals surface area contributed by atoms with Crippen molar-refractivity contribution in [2.75, 3.05) is 23.7 Å². The molecule has 4 nitrogen and oxygen atoms in total. The first-order valence-corrected chi connectivity index (χ1v) is 8.35. The molecule has 5 heteroatoms. The van der Waals surface area contributed by atoms with Gasteiger partial charge in [0, 0.05) is 18.8 Å². The lowest BCUT2D eigenvalue weighted by Crippen LogP contribution is -2.42. The van der Waals surface area contributed by atoms with E-state index in [0.29, 0.717) is 17.4 Å². The number of hydrogen-bond acceptors (Lipinski definition) is 4. The van der Waals surface area contributed by atoms with Crippen molar-refractivity contribution in [1.82, 2.24) is 0 Å². The predicted octanol–water partition coefficient (Wildman–Crippen LogP) is 1.69. The molecular weight excluding hydrogens is 262 g/mol. The molecule has 0 spiro atoms. The van der Waals surface area contributed by atoms with E-state index in [1.54, 1.807) is 19.1 Å². The molecule has 1 aromatic carbocycles. The topological polar surface area (TPSA) is 57.6 Å². The average molecular weight is 283 g/mol. The quantitative estimate of drug-likeness (QED) is 0.917. The van der Waals surface area contributed by atoms with E-state index < -0.39 is 9.84 Å². The highest BCUT2D eigenvalue weighted by molar-refractivity contribution is 7.91. The van der Waals surface area contributed by atoms with E-state index in [4.69, 9.17) is 0 Å². The first-order valence-electron chi connectivity index (χ1n) is 6.70. The van der Waals surface area contributed by atoms with Gasteiger partial charge in [0.1, 0.15) is 0 Å². The summed E-state index contributed by atoms with van der Waals surface area (Å²) < 4.78 is 23.5. The maximum atomic E-state index is 11.7. The molecular formula is C14H21NO3S. The molecule has 1 fully saturated rings. The Morgan fingerprint density at radius 1 is 1.32 bits per heavy atom.